The molecule has 32 heavy (non-hydrogen) atoms. The maximum Gasteiger partial charge on any atom is 0.416 e. The second kappa shape index (κ2) is 10.7. The molecule has 1 aliphatic heterocycles. The number of anilines is 1. The van der Waals surface area contributed by atoms with Crippen LogP contribution < -0.4 is 10.2 Å². The van der Waals surface area contributed by atoms with Crippen LogP contribution in [0.25, 0.3) is 0 Å². The van der Waals surface area contributed by atoms with Crippen LogP contribution >= 0.6 is 27.5 Å². The van der Waals surface area contributed by atoms with Crippen LogP contribution in [0.2, 0.25) is 5.02 Å². The zero-order valence-corrected chi connectivity index (χ0v) is 20.9. The Morgan fingerprint density at radius 3 is 2.34 bits per heavy atom. The van der Waals surface area contributed by atoms with Crippen LogP contribution in [0.4, 0.5) is 18.9 Å². The lowest BCUT2D eigenvalue weighted by Gasteiger charge is -2.36. The summed E-state index contributed by atoms with van der Waals surface area (Å²) in [5, 5.41) is 3.86. The minimum absolute atomic E-state index is 0.0370. The van der Waals surface area contributed by atoms with Gasteiger partial charge in [-0.1, -0.05) is 23.7 Å². The highest BCUT2D eigenvalue weighted by Crippen LogP contribution is 2.34. The number of halogens is 5. The van der Waals surface area contributed by atoms with Crippen LogP contribution in [0.3, 0.4) is 0 Å². The normalized spacial score (nSPS) is 16.6. The molecule has 0 amide bonds. The first-order valence-electron chi connectivity index (χ1n) is 10.5. The molecule has 176 valence electrons. The third-order valence-electron chi connectivity index (χ3n) is 5.77. The van der Waals surface area contributed by atoms with E-state index >= 15 is 0 Å². The molecule has 0 aromatic heterocycles. The highest BCUT2D eigenvalue weighted by Gasteiger charge is 2.34. The van der Waals surface area contributed by atoms with Gasteiger partial charge in [0.15, 0.2) is 0 Å². The van der Waals surface area contributed by atoms with E-state index in [1.807, 2.05) is 44.2 Å². The van der Waals surface area contributed by atoms with E-state index in [1.54, 1.807) is 12.1 Å². The van der Waals surface area contributed by atoms with E-state index in [-0.39, 0.29) is 12.6 Å². The first-order valence-corrected chi connectivity index (χ1v) is 11.7. The summed E-state index contributed by atoms with van der Waals surface area (Å²) in [6.07, 6.45) is -4.37. The number of rotatable bonds is 7. The van der Waals surface area contributed by atoms with Gasteiger partial charge in [0, 0.05) is 55.5 Å². The quantitative estimate of drug-likeness (QED) is 0.524. The number of likely N-dealkylation sites (N-methyl/N-ethyl adjacent to an activating group) is 2. The molecule has 1 fully saturated rings. The summed E-state index contributed by atoms with van der Waals surface area (Å²) < 4.78 is 42.0. The van der Waals surface area contributed by atoms with E-state index in [1.165, 1.54) is 6.07 Å². The fourth-order valence-corrected chi connectivity index (χ4v) is 4.47. The molecule has 1 atom stereocenters. The molecule has 1 unspecified atom stereocenters. The summed E-state index contributed by atoms with van der Waals surface area (Å²) in [5.74, 6) is 0. The van der Waals surface area contributed by atoms with Crippen molar-refractivity contribution in [1.29, 1.82) is 0 Å². The molecule has 0 spiro atoms. The molecule has 3 rings (SSSR count). The van der Waals surface area contributed by atoms with Crippen molar-refractivity contribution in [1.82, 2.24) is 15.1 Å². The largest absolute Gasteiger partial charge is 0.416 e. The van der Waals surface area contributed by atoms with E-state index < -0.39 is 11.7 Å². The third-order valence-corrected chi connectivity index (χ3v) is 7.00. The van der Waals surface area contributed by atoms with Gasteiger partial charge in [0.05, 0.1) is 10.6 Å². The highest BCUT2D eigenvalue weighted by molar-refractivity contribution is 9.10. The molecule has 2 aromatic rings. The number of nitrogens with one attached hydrogen (secondary N) is 1. The van der Waals surface area contributed by atoms with Gasteiger partial charge in [0.2, 0.25) is 0 Å². The average Bonchev–Trinajstić information content (AvgIpc) is 2.73. The van der Waals surface area contributed by atoms with Crippen LogP contribution in [-0.2, 0) is 12.7 Å². The lowest BCUT2D eigenvalue weighted by Crippen LogP contribution is -2.46. The first-order chi connectivity index (χ1) is 15.1. The summed E-state index contributed by atoms with van der Waals surface area (Å²) in [6, 6.07) is 10.3. The summed E-state index contributed by atoms with van der Waals surface area (Å²) >= 11 is 9.61. The summed E-state index contributed by atoms with van der Waals surface area (Å²) in [5.41, 5.74) is 1.67. The molecule has 1 heterocycles. The monoisotopic (exact) mass is 532 g/mol. The highest BCUT2D eigenvalue weighted by atomic mass is 79.9. The molecule has 1 N–H and O–H groups in total. The zero-order chi connectivity index (χ0) is 23.5. The van der Waals surface area contributed by atoms with Gasteiger partial charge in [-0.25, -0.2) is 0 Å². The van der Waals surface area contributed by atoms with Gasteiger partial charge in [-0.2, -0.15) is 13.2 Å². The van der Waals surface area contributed by atoms with Crippen LogP contribution in [0.1, 0.15) is 22.7 Å². The fourth-order valence-electron chi connectivity index (χ4n) is 4.05. The lowest BCUT2D eigenvalue weighted by atomic mass is 9.98. The summed E-state index contributed by atoms with van der Waals surface area (Å²) in [4.78, 5) is 6.32. The predicted molar refractivity (Wildman–Crippen MR) is 128 cm³/mol. The van der Waals surface area contributed by atoms with Crippen molar-refractivity contribution in [3.05, 3.63) is 62.6 Å². The molecular weight excluding hydrogens is 505 g/mol. The van der Waals surface area contributed by atoms with Crippen LogP contribution in [0.15, 0.2) is 40.9 Å². The second-order valence-corrected chi connectivity index (χ2v) is 9.64. The summed E-state index contributed by atoms with van der Waals surface area (Å²) in [6.45, 7) is 3.81. The van der Waals surface area contributed by atoms with Crippen molar-refractivity contribution < 1.29 is 13.2 Å². The van der Waals surface area contributed by atoms with Crippen molar-refractivity contribution in [3.63, 3.8) is 0 Å². The Kier molecular flexibility index (Phi) is 8.49. The number of piperazine rings is 1. The van der Waals surface area contributed by atoms with E-state index in [0.717, 1.165) is 28.8 Å². The van der Waals surface area contributed by atoms with E-state index in [0.29, 0.717) is 30.2 Å². The standard InChI is InChI=1S/C23H29BrClF3N4/c1-29-22(15-30(2)3)16-4-6-19(23(26,27)28)17(12-16)14-31-8-10-32(11-9-31)18-5-7-20(24)21(25)13-18/h4-7,12-13,22,29H,8-11,14-15H2,1-3H3. The number of hydrogen-bond acceptors (Lipinski definition) is 4. The molecule has 0 aliphatic carbocycles. The molecular formula is C23H29BrClF3N4. The second-order valence-electron chi connectivity index (χ2n) is 8.38. The van der Waals surface area contributed by atoms with Crippen LogP contribution in [0.5, 0.6) is 0 Å². The van der Waals surface area contributed by atoms with Gasteiger partial charge >= 0.3 is 6.18 Å². The molecule has 0 saturated carbocycles. The Balaban J connectivity index is 1.75. The van der Waals surface area contributed by atoms with Gasteiger partial charge in [-0.05, 0) is 72.5 Å². The number of benzene rings is 2. The topological polar surface area (TPSA) is 21.8 Å². The van der Waals surface area contributed by atoms with E-state index in [2.05, 4.69) is 31.0 Å². The van der Waals surface area contributed by atoms with Crippen molar-refractivity contribution in [2.24, 2.45) is 0 Å². The Morgan fingerprint density at radius 1 is 1.09 bits per heavy atom. The maximum atomic E-state index is 13.7. The predicted octanol–water partition coefficient (Wildman–Crippen LogP) is 5.27. The number of nitrogens with zero attached hydrogens (tertiary/aromatic N) is 3. The van der Waals surface area contributed by atoms with E-state index in [4.69, 9.17) is 11.6 Å². The van der Waals surface area contributed by atoms with Crippen molar-refractivity contribution >= 4 is 33.2 Å². The zero-order valence-electron chi connectivity index (χ0n) is 18.5. The molecule has 1 saturated heterocycles. The molecule has 4 nitrogen and oxygen atoms in total. The molecule has 0 radical (unpaired) electrons. The third kappa shape index (κ3) is 6.38. The van der Waals surface area contributed by atoms with Gasteiger partial charge in [-0.3, -0.25) is 4.90 Å². The van der Waals surface area contributed by atoms with Gasteiger partial charge in [0.1, 0.15) is 0 Å². The average molecular weight is 534 g/mol. The Labute approximate surface area is 201 Å². The van der Waals surface area contributed by atoms with Crippen molar-refractivity contribution in [2.45, 2.75) is 18.8 Å². The van der Waals surface area contributed by atoms with Gasteiger partial charge < -0.3 is 15.1 Å². The minimum atomic E-state index is -4.37. The van der Waals surface area contributed by atoms with Gasteiger partial charge in [0.25, 0.3) is 0 Å². The molecule has 9 heteroatoms. The first kappa shape index (κ1) is 25.3. The molecule has 0 bridgehead atoms. The van der Waals surface area contributed by atoms with Crippen LogP contribution in [0, 0.1) is 0 Å². The lowest BCUT2D eigenvalue weighted by molar-refractivity contribution is -0.138. The Morgan fingerprint density at radius 2 is 1.78 bits per heavy atom. The Bertz CT molecular complexity index is 915. The summed E-state index contributed by atoms with van der Waals surface area (Å²) in [7, 11) is 5.74. The smallest absolute Gasteiger partial charge is 0.369 e. The fraction of sp³-hybridized carbons (Fsp3) is 0.478. The van der Waals surface area contributed by atoms with Crippen molar-refractivity contribution in [2.75, 3.05) is 58.8 Å². The van der Waals surface area contributed by atoms with Gasteiger partial charge in [-0.15, -0.1) is 0 Å². The maximum absolute atomic E-state index is 13.7. The number of alkyl halides is 3. The Hall–Kier alpha value is -1.32. The molecule has 2 aromatic carbocycles. The molecule has 1 aliphatic rings. The minimum Gasteiger partial charge on any atom is -0.369 e. The van der Waals surface area contributed by atoms with Crippen LogP contribution in [-0.4, -0.2) is 63.7 Å². The van der Waals surface area contributed by atoms with Crippen molar-refractivity contribution in [3.8, 4) is 0 Å². The van der Waals surface area contributed by atoms with E-state index in [9.17, 15) is 13.2 Å². The number of hydrogen-bond donors (Lipinski definition) is 1. The SMILES string of the molecule is CNC(CN(C)C)c1ccc(C(F)(F)F)c(CN2CCN(c3ccc(Br)c(Cl)c3)CC2)c1.